The van der Waals surface area contributed by atoms with E-state index < -0.39 is 23.4 Å². The van der Waals surface area contributed by atoms with Gasteiger partial charge in [0.05, 0.1) is 11.3 Å². The molecule has 0 aromatic carbocycles. The third-order valence-electron chi connectivity index (χ3n) is 2.37. The largest absolute Gasteiger partial charge is 0.477 e. The normalized spacial score (nSPS) is 12.1. The second-order valence-electron chi connectivity index (χ2n) is 3.61. The maximum atomic E-state index is 12.8. The number of alkyl halides is 3. The zero-order valence-corrected chi connectivity index (χ0v) is 10.5. The van der Waals surface area contributed by atoms with Crippen molar-refractivity contribution in [2.24, 2.45) is 0 Å². The Kier molecular flexibility index (Phi) is 2.84. The van der Waals surface area contributed by atoms with Crippen LogP contribution in [0.1, 0.15) is 21.7 Å². The Balaban J connectivity index is 2.92. The summed E-state index contributed by atoms with van der Waals surface area (Å²) in [6.45, 7) is 1.35. The first-order chi connectivity index (χ1) is 8.21. The molecule has 0 fully saturated rings. The van der Waals surface area contributed by atoms with Gasteiger partial charge in [0.2, 0.25) is 0 Å². The lowest BCUT2D eigenvalue weighted by Gasteiger charge is -2.09. The average molecular weight is 323 g/mol. The number of aryl methyl sites for hydroxylation is 1. The van der Waals surface area contributed by atoms with Crippen LogP contribution in [0.3, 0.4) is 0 Å². The molecule has 2 aromatic heterocycles. The smallest absolute Gasteiger partial charge is 0.420 e. The molecule has 0 saturated carbocycles. The number of halogens is 4. The molecule has 0 bridgehead atoms. The number of aromatic carboxylic acids is 1. The van der Waals surface area contributed by atoms with Crippen LogP contribution in [0.5, 0.6) is 0 Å². The van der Waals surface area contributed by atoms with Crippen LogP contribution in [-0.2, 0) is 6.18 Å². The first kappa shape index (κ1) is 12.9. The van der Waals surface area contributed by atoms with Crippen molar-refractivity contribution in [2.75, 3.05) is 0 Å². The Morgan fingerprint density at radius 2 is 2.11 bits per heavy atom. The first-order valence-electron chi connectivity index (χ1n) is 4.70. The summed E-state index contributed by atoms with van der Waals surface area (Å²) < 4.78 is 39.5. The molecule has 0 saturated heterocycles. The van der Waals surface area contributed by atoms with Crippen molar-refractivity contribution < 1.29 is 23.1 Å². The summed E-state index contributed by atoms with van der Waals surface area (Å²) in [7, 11) is 0. The quantitative estimate of drug-likeness (QED) is 0.877. The molecule has 0 radical (unpaired) electrons. The predicted molar refractivity (Wildman–Crippen MR) is 59.6 cm³/mol. The number of hydrogen-bond donors (Lipinski definition) is 1. The molecule has 0 aliphatic heterocycles. The molecule has 0 unspecified atom stereocenters. The highest BCUT2D eigenvalue weighted by Crippen LogP contribution is 2.34. The lowest BCUT2D eigenvalue weighted by atomic mass is 10.2. The second kappa shape index (κ2) is 3.98. The number of aromatic nitrogens is 2. The molecule has 8 heteroatoms. The van der Waals surface area contributed by atoms with Crippen molar-refractivity contribution in [3.8, 4) is 0 Å². The number of carbonyl (C=O) groups is 1. The Labute approximate surface area is 107 Å². The van der Waals surface area contributed by atoms with E-state index in [1.807, 2.05) is 0 Å². The average Bonchev–Trinajstić information content (AvgIpc) is 2.50. The van der Waals surface area contributed by atoms with E-state index in [4.69, 9.17) is 5.11 Å². The van der Waals surface area contributed by atoms with E-state index in [-0.39, 0.29) is 15.9 Å². The lowest BCUT2D eigenvalue weighted by molar-refractivity contribution is -0.136. The topological polar surface area (TPSA) is 54.6 Å². The van der Waals surface area contributed by atoms with Crippen LogP contribution in [0.15, 0.2) is 16.7 Å². The van der Waals surface area contributed by atoms with E-state index in [0.29, 0.717) is 0 Å². The summed E-state index contributed by atoms with van der Waals surface area (Å²) in [4.78, 5) is 14.7. The van der Waals surface area contributed by atoms with Gasteiger partial charge in [-0.05, 0) is 28.9 Å². The molecule has 96 valence electrons. The molecule has 2 aromatic rings. The molecule has 0 amide bonds. The maximum absolute atomic E-state index is 12.8. The minimum atomic E-state index is -4.60. The van der Waals surface area contributed by atoms with Gasteiger partial charge in [0.15, 0.2) is 5.69 Å². The van der Waals surface area contributed by atoms with Gasteiger partial charge in [0.25, 0.3) is 0 Å². The summed E-state index contributed by atoms with van der Waals surface area (Å²) in [5.41, 5.74) is -1.64. The minimum absolute atomic E-state index is 0.0334. The van der Waals surface area contributed by atoms with Gasteiger partial charge >= 0.3 is 12.1 Å². The zero-order chi connectivity index (χ0) is 13.7. The molecule has 0 atom stereocenters. The van der Waals surface area contributed by atoms with Gasteiger partial charge in [0.1, 0.15) is 5.65 Å². The van der Waals surface area contributed by atoms with Gasteiger partial charge in [-0.1, -0.05) is 0 Å². The minimum Gasteiger partial charge on any atom is -0.477 e. The summed E-state index contributed by atoms with van der Waals surface area (Å²) in [5.74, 6) is -1.33. The number of carboxylic acid groups (broad SMARTS) is 1. The van der Waals surface area contributed by atoms with E-state index >= 15 is 0 Å². The molecule has 0 aliphatic rings. The SMILES string of the molecule is Cc1nc2c(C(F)(F)F)cc(Br)cn2c1C(=O)O. The molecule has 2 rings (SSSR count). The molecular formula is C10H6BrF3N2O2. The van der Waals surface area contributed by atoms with Gasteiger partial charge in [-0.25, -0.2) is 9.78 Å². The van der Waals surface area contributed by atoms with Gasteiger partial charge in [-0.2, -0.15) is 13.2 Å². The number of rotatable bonds is 1. The standard InChI is InChI=1S/C10H6BrF3N2O2/c1-4-7(9(17)18)16-3-5(11)2-6(8(16)15-4)10(12,13)14/h2-3H,1H3,(H,17,18). The Hall–Kier alpha value is -1.57. The summed E-state index contributed by atoms with van der Waals surface area (Å²) in [6.07, 6.45) is -3.35. The first-order valence-corrected chi connectivity index (χ1v) is 5.50. The number of carboxylic acids is 1. The molecule has 1 N–H and O–H groups in total. The maximum Gasteiger partial charge on any atom is 0.420 e. The number of nitrogens with zero attached hydrogens (tertiary/aromatic N) is 2. The number of imidazole rings is 1. The van der Waals surface area contributed by atoms with Crippen LogP contribution in [0.4, 0.5) is 13.2 Å². The van der Waals surface area contributed by atoms with Gasteiger partial charge in [-0.3, -0.25) is 4.40 Å². The van der Waals surface area contributed by atoms with Gasteiger partial charge < -0.3 is 5.11 Å². The van der Waals surface area contributed by atoms with Gasteiger partial charge in [0, 0.05) is 10.7 Å². The van der Waals surface area contributed by atoms with E-state index in [2.05, 4.69) is 20.9 Å². The third kappa shape index (κ3) is 1.96. The zero-order valence-electron chi connectivity index (χ0n) is 8.92. The highest BCUT2D eigenvalue weighted by molar-refractivity contribution is 9.10. The summed E-state index contributed by atoms with van der Waals surface area (Å²) in [5, 5.41) is 8.98. The molecule has 0 aliphatic carbocycles. The lowest BCUT2D eigenvalue weighted by Crippen LogP contribution is -2.09. The van der Waals surface area contributed by atoms with Crippen molar-refractivity contribution in [3.05, 3.63) is 33.7 Å². The number of hydrogen-bond acceptors (Lipinski definition) is 2. The summed E-state index contributed by atoms with van der Waals surface area (Å²) >= 11 is 2.93. The van der Waals surface area contributed by atoms with E-state index in [1.54, 1.807) is 0 Å². The predicted octanol–water partition coefficient (Wildman–Crippen LogP) is 3.12. The van der Waals surface area contributed by atoms with E-state index in [9.17, 15) is 18.0 Å². The monoisotopic (exact) mass is 322 g/mol. The van der Waals surface area contributed by atoms with Crippen molar-refractivity contribution in [3.63, 3.8) is 0 Å². The molecule has 0 spiro atoms. The van der Waals surface area contributed by atoms with E-state index in [0.717, 1.165) is 10.5 Å². The van der Waals surface area contributed by atoms with Crippen LogP contribution in [0.2, 0.25) is 0 Å². The van der Waals surface area contributed by atoms with Crippen LogP contribution in [-0.4, -0.2) is 20.5 Å². The second-order valence-corrected chi connectivity index (χ2v) is 4.53. The van der Waals surface area contributed by atoms with Crippen molar-refractivity contribution in [1.29, 1.82) is 0 Å². The Morgan fingerprint density at radius 1 is 1.50 bits per heavy atom. The van der Waals surface area contributed by atoms with Crippen LogP contribution in [0, 0.1) is 6.92 Å². The molecule has 4 nitrogen and oxygen atoms in total. The fraction of sp³-hybridized carbons (Fsp3) is 0.200. The Morgan fingerprint density at radius 3 is 2.61 bits per heavy atom. The van der Waals surface area contributed by atoms with Gasteiger partial charge in [-0.15, -0.1) is 0 Å². The van der Waals surface area contributed by atoms with Crippen LogP contribution < -0.4 is 0 Å². The van der Waals surface area contributed by atoms with E-state index in [1.165, 1.54) is 13.1 Å². The fourth-order valence-electron chi connectivity index (χ4n) is 1.69. The molecular weight excluding hydrogens is 317 g/mol. The number of pyridine rings is 1. The third-order valence-corrected chi connectivity index (χ3v) is 2.80. The van der Waals surface area contributed by atoms with Crippen LogP contribution >= 0.6 is 15.9 Å². The fourth-order valence-corrected chi connectivity index (χ4v) is 2.12. The number of fused-ring (bicyclic) bond motifs is 1. The highest BCUT2D eigenvalue weighted by atomic mass is 79.9. The highest BCUT2D eigenvalue weighted by Gasteiger charge is 2.35. The molecule has 2 heterocycles. The molecule has 18 heavy (non-hydrogen) atoms. The van der Waals surface area contributed by atoms with Crippen molar-refractivity contribution in [1.82, 2.24) is 9.38 Å². The van der Waals surface area contributed by atoms with Crippen molar-refractivity contribution >= 4 is 27.5 Å². The van der Waals surface area contributed by atoms with Crippen molar-refractivity contribution in [2.45, 2.75) is 13.1 Å². The summed E-state index contributed by atoms with van der Waals surface area (Å²) in [6, 6.07) is 0.868. The van der Waals surface area contributed by atoms with Crippen LogP contribution in [0.25, 0.3) is 5.65 Å². The Bertz CT molecular complexity index is 649.